The molecule has 2 N–H and O–H groups in total. The highest BCUT2D eigenvalue weighted by Crippen LogP contribution is 2.12. The van der Waals surface area contributed by atoms with Crippen LogP contribution in [0.2, 0.25) is 0 Å². The first-order chi connectivity index (χ1) is 10.1. The van der Waals surface area contributed by atoms with Crippen molar-refractivity contribution in [2.24, 2.45) is 0 Å². The summed E-state index contributed by atoms with van der Waals surface area (Å²) in [6.45, 7) is 0.428. The highest BCUT2D eigenvalue weighted by atomic mass is 35.5. The quantitative estimate of drug-likeness (QED) is 0.548. The van der Waals surface area contributed by atoms with Crippen molar-refractivity contribution in [1.29, 1.82) is 0 Å². The third kappa shape index (κ3) is 4.34. The first kappa shape index (κ1) is 15.6. The number of halogens is 1. The molecule has 0 aliphatic carbocycles. The summed E-state index contributed by atoms with van der Waals surface area (Å²) >= 11 is 5.47. The summed E-state index contributed by atoms with van der Waals surface area (Å²) in [4.78, 5) is 24.9. The Morgan fingerprint density at radius 1 is 1.48 bits per heavy atom. The van der Waals surface area contributed by atoms with Crippen LogP contribution in [0.1, 0.15) is 0 Å². The molecule has 0 aromatic heterocycles. The van der Waals surface area contributed by atoms with Crippen LogP contribution in [0, 0.1) is 0 Å². The van der Waals surface area contributed by atoms with Crippen LogP contribution in [0.25, 0.3) is 0 Å². The normalized spacial score (nSPS) is 18.9. The minimum atomic E-state index is -0.742. The van der Waals surface area contributed by atoms with Crippen molar-refractivity contribution in [2.75, 3.05) is 25.6 Å². The SMILES string of the molecule is O=C(COc1ccccc1)N[C@@H]1CN(CC(O)CCl)C1=O. The van der Waals surface area contributed by atoms with E-state index >= 15 is 0 Å². The molecule has 1 aromatic rings. The molecule has 114 valence electrons. The molecule has 1 fully saturated rings. The molecule has 7 heteroatoms. The number of aliphatic hydroxyl groups is 1. The van der Waals surface area contributed by atoms with Gasteiger partial charge in [-0.15, -0.1) is 11.6 Å². The summed E-state index contributed by atoms with van der Waals surface area (Å²) in [5.41, 5.74) is 0. The van der Waals surface area contributed by atoms with Gasteiger partial charge in [0.2, 0.25) is 5.91 Å². The van der Waals surface area contributed by atoms with Crippen molar-refractivity contribution in [3.8, 4) is 5.75 Å². The number of hydrogen-bond donors (Lipinski definition) is 2. The van der Waals surface area contributed by atoms with Gasteiger partial charge in [0.25, 0.3) is 5.91 Å². The number of carbonyl (C=O) groups is 2. The number of hydrogen-bond acceptors (Lipinski definition) is 4. The number of alkyl halides is 1. The average Bonchev–Trinajstić information content (AvgIpc) is 2.52. The summed E-state index contributed by atoms with van der Waals surface area (Å²) < 4.78 is 5.29. The third-order valence-electron chi connectivity index (χ3n) is 3.07. The fourth-order valence-corrected chi connectivity index (χ4v) is 2.07. The first-order valence-electron chi connectivity index (χ1n) is 6.60. The summed E-state index contributed by atoms with van der Waals surface area (Å²) in [6.07, 6.45) is -0.742. The molecular formula is C14H17ClN2O4. The van der Waals surface area contributed by atoms with E-state index in [1.807, 2.05) is 18.2 Å². The maximum atomic E-state index is 11.7. The topological polar surface area (TPSA) is 78.9 Å². The fourth-order valence-electron chi connectivity index (χ4n) is 1.97. The van der Waals surface area contributed by atoms with E-state index in [1.165, 1.54) is 4.90 Å². The number of rotatable bonds is 7. The van der Waals surface area contributed by atoms with Crippen LogP contribution in [-0.4, -0.2) is 59.5 Å². The zero-order chi connectivity index (χ0) is 15.2. The van der Waals surface area contributed by atoms with Gasteiger partial charge in [0.05, 0.1) is 18.5 Å². The maximum Gasteiger partial charge on any atom is 0.258 e. The molecule has 1 aliphatic heterocycles. The Morgan fingerprint density at radius 3 is 2.81 bits per heavy atom. The maximum absolute atomic E-state index is 11.7. The van der Waals surface area contributed by atoms with Gasteiger partial charge in [0, 0.05) is 6.54 Å². The third-order valence-corrected chi connectivity index (χ3v) is 3.43. The van der Waals surface area contributed by atoms with E-state index in [1.54, 1.807) is 12.1 Å². The van der Waals surface area contributed by atoms with Crippen LogP contribution in [-0.2, 0) is 9.59 Å². The number of aliphatic hydroxyl groups excluding tert-OH is 1. The number of ether oxygens (including phenoxy) is 1. The number of benzene rings is 1. The predicted octanol–water partition coefficient (Wildman–Crippen LogP) is -0.00790. The molecule has 1 aliphatic rings. The van der Waals surface area contributed by atoms with Gasteiger partial charge in [-0.3, -0.25) is 9.59 Å². The molecule has 1 heterocycles. The lowest BCUT2D eigenvalue weighted by Crippen LogP contribution is -2.65. The molecule has 2 rings (SSSR count). The van der Waals surface area contributed by atoms with Crippen molar-refractivity contribution >= 4 is 23.4 Å². The van der Waals surface area contributed by atoms with Crippen molar-refractivity contribution in [1.82, 2.24) is 10.2 Å². The minimum absolute atomic E-state index is 0.0751. The molecule has 2 atom stereocenters. The molecule has 0 saturated carbocycles. The molecule has 1 saturated heterocycles. The lowest BCUT2D eigenvalue weighted by molar-refractivity contribution is -0.148. The van der Waals surface area contributed by atoms with Gasteiger partial charge >= 0.3 is 0 Å². The van der Waals surface area contributed by atoms with Crippen LogP contribution >= 0.6 is 11.6 Å². The largest absolute Gasteiger partial charge is 0.484 e. The highest BCUT2D eigenvalue weighted by molar-refractivity contribution is 6.18. The molecule has 0 radical (unpaired) electrons. The molecule has 1 unspecified atom stereocenters. The number of nitrogens with one attached hydrogen (secondary N) is 1. The lowest BCUT2D eigenvalue weighted by atomic mass is 10.1. The number of amides is 2. The Balaban J connectivity index is 1.69. The van der Waals surface area contributed by atoms with E-state index < -0.39 is 12.1 Å². The molecule has 0 spiro atoms. The van der Waals surface area contributed by atoms with Crippen LogP contribution in [0.3, 0.4) is 0 Å². The second-order valence-electron chi connectivity index (χ2n) is 4.77. The predicted molar refractivity (Wildman–Crippen MR) is 77.2 cm³/mol. The van der Waals surface area contributed by atoms with Gasteiger partial charge in [0.1, 0.15) is 11.8 Å². The second-order valence-corrected chi connectivity index (χ2v) is 5.08. The van der Waals surface area contributed by atoms with Gasteiger partial charge in [-0.25, -0.2) is 0 Å². The van der Waals surface area contributed by atoms with Gasteiger partial charge in [-0.2, -0.15) is 0 Å². The van der Waals surface area contributed by atoms with E-state index in [-0.39, 0.29) is 30.8 Å². The summed E-state index contributed by atoms with van der Waals surface area (Å²) in [5, 5.41) is 11.9. The van der Waals surface area contributed by atoms with Crippen molar-refractivity contribution < 1.29 is 19.4 Å². The zero-order valence-electron chi connectivity index (χ0n) is 11.4. The van der Waals surface area contributed by atoms with Gasteiger partial charge in [0.15, 0.2) is 6.61 Å². The molecule has 1 aromatic carbocycles. The van der Waals surface area contributed by atoms with E-state index in [2.05, 4.69) is 5.32 Å². The molecule has 21 heavy (non-hydrogen) atoms. The Kier molecular flexibility index (Phi) is 5.41. The van der Waals surface area contributed by atoms with Crippen molar-refractivity contribution in [3.63, 3.8) is 0 Å². The minimum Gasteiger partial charge on any atom is -0.484 e. The van der Waals surface area contributed by atoms with E-state index in [0.29, 0.717) is 12.3 Å². The molecule has 0 bridgehead atoms. The van der Waals surface area contributed by atoms with Crippen LogP contribution in [0.4, 0.5) is 0 Å². The number of carbonyl (C=O) groups excluding carboxylic acids is 2. The van der Waals surface area contributed by atoms with Crippen LogP contribution in [0.15, 0.2) is 30.3 Å². The van der Waals surface area contributed by atoms with E-state index in [0.717, 1.165) is 0 Å². The number of β-amino-alcohol motifs (C(OH)–C–C–N with tert-alkyl or cyclic N) is 1. The highest BCUT2D eigenvalue weighted by Gasteiger charge is 2.38. The monoisotopic (exact) mass is 312 g/mol. The Labute approximate surface area is 127 Å². The second kappa shape index (κ2) is 7.28. The number of β-lactam (4-membered cyclic amide) rings is 1. The standard InChI is InChI=1S/C14H17ClN2O4/c15-6-10(18)7-17-8-12(14(17)20)16-13(19)9-21-11-4-2-1-3-5-11/h1-5,10,12,18H,6-9H2,(H,16,19)/t10?,12-/m1/s1. The van der Waals surface area contributed by atoms with Gasteiger partial charge < -0.3 is 20.1 Å². The van der Waals surface area contributed by atoms with Crippen LogP contribution in [0.5, 0.6) is 5.75 Å². The lowest BCUT2D eigenvalue weighted by Gasteiger charge is -2.39. The smallest absolute Gasteiger partial charge is 0.258 e. The Hall–Kier alpha value is -1.79. The Morgan fingerprint density at radius 2 is 2.19 bits per heavy atom. The molecular weight excluding hydrogens is 296 g/mol. The van der Waals surface area contributed by atoms with Gasteiger partial charge in [-0.1, -0.05) is 18.2 Å². The summed E-state index contributed by atoms with van der Waals surface area (Å²) in [5.74, 6) is 0.104. The Bertz CT molecular complexity index is 497. The van der Waals surface area contributed by atoms with Gasteiger partial charge in [-0.05, 0) is 12.1 Å². The zero-order valence-corrected chi connectivity index (χ0v) is 12.1. The number of likely N-dealkylation sites (tertiary alicyclic amines) is 1. The summed E-state index contributed by atoms with van der Waals surface area (Å²) in [6, 6.07) is 8.42. The number of nitrogens with zero attached hydrogens (tertiary/aromatic N) is 1. The number of para-hydroxylation sites is 1. The summed E-state index contributed by atoms with van der Waals surface area (Å²) in [7, 11) is 0. The average molecular weight is 313 g/mol. The fraction of sp³-hybridized carbons (Fsp3) is 0.429. The molecule has 2 amide bonds. The van der Waals surface area contributed by atoms with Crippen molar-refractivity contribution in [2.45, 2.75) is 12.1 Å². The van der Waals surface area contributed by atoms with Crippen molar-refractivity contribution in [3.05, 3.63) is 30.3 Å². The van der Waals surface area contributed by atoms with E-state index in [9.17, 15) is 14.7 Å². The van der Waals surface area contributed by atoms with Crippen LogP contribution < -0.4 is 10.1 Å². The molecule has 6 nitrogen and oxygen atoms in total. The van der Waals surface area contributed by atoms with E-state index in [4.69, 9.17) is 16.3 Å². The first-order valence-corrected chi connectivity index (χ1v) is 7.13.